The number of aliphatic hydroxyl groups is 1. The molecule has 0 amide bonds. The Kier molecular flexibility index (Phi) is 5.02. The highest BCUT2D eigenvalue weighted by molar-refractivity contribution is 9.10. The predicted molar refractivity (Wildman–Crippen MR) is 80.5 cm³/mol. The van der Waals surface area contributed by atoms with Gasteiger partial charge in [-0.2, -0.15) is 0 Å². The third kappa shape index (κ3) is 3.51. The highest BCUT2D eigenvalue weighted by Crippen LogP contribution is 2.29. The maximum atomic E-state index is 13.4. The van der Waals surface area contributed by atoms with Gasteiger partial charge in [-0.15, -0.1) is 0 Å². The third-order valence-corrected chi connectivity index (χ3v) is 4.04. The van der Waals surface area contributed by atoms with Gasteiger partial charge in [-0.25, -0.2) is 4.39 Å². The van der Waals surface area contributed by atoms with Crippen LogP contribution in [0.3, 0.4) is 0 Å². The molecule has 1 atom stereocenters. The topological polar surface area (TPSA) is 29.5 Å². The highest BCUT2D eigenvalue weighted by Gasteiger charge is 2.09. The summed E-state index contributed by atoms with van der Waals surface area (Å²) in [5.41, 5.74) is 1.41. The second-order valence-electron chi connectivity index (χ2n) is 4.37. The van der Waals surface area contributed by atoms with Gasteiger partial charge in [-0.3, -0.25) is 0 Å². The fraction of sp³-hybridized carbons (Fsp3) is 0.200. The maximum absolute atomic E-state index is 13.4. The number of halogens is 3. The molecule has 5 heteroatoms. The molecule has 0 spiro atoms. The molecule has 0 fully saturated rings. The van der Waals surface area contributed by atoms with Crippen LogP contribution < -0.4 is 4.74 Å². The van der Waals surface area contributed by atoms with Gasteiger partial charge in [0.2, 0.25) is 0 Å². The molecule has 20 heavy (non-hydrogen) atoms. The van der Waals surface area contributed by atoms with Crippen LogP contribution in [0.25, 0.3) is 0 Å². The molecule has 0 radical (unpaired) electrons. The zero-order chi connectivity index (χ0) is 14.7. The maximum Gasteiger partial charge on any atom is 0.138 e. The Morgan fingerprint density at radius 3 is 2.75 bits per heavy atom. The molecule has 0 aliphatic heterocycles. The highest BCUT2D eigenvalue weighted by atomic mass is 79.9. The molecule has 0 saturated carbocycles. The molecule has 1 unspecified atom stereocenters. The van der Waals surface area contributed by atoms with E-state index >= 15 is 0 Å². The largest absolute Gasteiger partial charge is 0.487 e. The minimum Gasteiger partial charge on any atom is -0.487 e. The summed E-state index contributed by atoms with van der Waals surface area (Å²) in [6.45, 7) is 1.86. The van der Waals surface area contributed by atoms with E-state index < -0.39 is 6.10 Å². The normalized spacial score (nSPS) is 12.2. The van der Waals surface area contributed by atoms with Crippen molar-refractivity contribution in [2.75, 3.05) is 0 Å². The lowest BCUT2D eigenvalue weighted by Gasteiger charge is -2.12. The molecular weight excluding hydrogens is 347 g/mol. The van der Waals surface area contributed by atoms with Crippen LogP contribution in [0.1, 0.15) is 24.2 Å². The van der Waals surface area contributed by atoms with Crippen LogP contribution in [0.5, 0.6) is 5.75 Å². The van der Waals surface area contributed by atoms with E-state index in [1.54, 1.807) is 37.3 Å². The molecule has 106 valence electrons. The summed E-state index contributed by atoms with van der Waals surface area (Å²) >= 11 is 9.27. The molecule has 0 aromatic heterocycles. The first-order valence-corrected chi connectivity index (χ1v) is 7.19. The predicted octanol–water partition coefficient (Wildman–Crippen LogP) is 4.87. The number of rotatable bonds is 4. The van der Waals surface area contributed by atoms with Crippen LogP contribution in [-0.2, 0) is 6.61 Å². The Balaban J connectivity index is 2.13. The first kappa shape index (κ1) is 15.3. The van der Waals surface area contributed by atoms with E-state index in [-0.39, 0.29) is 12.4 Å². The molecule has 2 rings (SSSR count). The van der Waals surface area contributed by atoms with Crippen molar-refractivity contribution in [2.45, 2.75) is 19.6 Å². The van der Waals surface area contributed by atoms with Crippen molar-refractivity contribution in [2.24, 2.45) is 0 Å². The van der Waals surface area contributed by atoms with E-state index in [1.807, 2.05) is 0 Å². The number of ether oxygens (including phenoxy) is 1. The van der Waals surface area contributed by atoms with Gasteiger partial charge in [-0.05, 0) is 46.6 Å². The van der Waals surface area contributed by atoms with Crippen molar-refractivity contribution >= 4 is 27.5 Å². The van der Waals surface area contributed by atoms with Gasteiger partial charge in [0, 0.05) is 5.56 Å². The summed E-state index contributed by atoms with van der Waals surface area (Å²) in [4.78, 5) is 0. The molecule has 2 aromatic carbocycles. The van der Waals surface area contributed by atoms with E-state index in [1.165, 1.54) is 6.07 Å². The Bertz CT molecular complexity index is 617. The molecule has 0 heterocycles. The second-order valence-corrected chi connectivity index (χ2v) is 5.57. The minimum absolute atomic E-state index is 0.200. The summed E-state index contributed by atoms with van der Waals surface area (Å²) in [5.74, 6) is 0.161. The van der Waals surface area contributed by atoms with Crippen molar-refractivity contribution in [1.29, 1.82) is 0 Å². The summed E-state index contributed by atoms with van der Waals surface area (Å²) in [7, 11) is 0. The molecule has 1 N–H and O–H groups in total. The average molecular weight is 360 g/mol. The van der Waals surface area contributed by atoms with E-state index in [0.717, 1.165) is 0 Å². The second kappa shape index (κ2) is 6.57. The van der Waals surface area contributed by atoms with Crippen LogP contribution in [-0.4, -0.2) is 5.11 Å². The summed E-state index contributed by atoms with van der Waals surface area (Å²) < 4.78 is 19.3. The molecular formula is C15H13BrClFO2. The van der Waals surface area contributed by atoms with Crippen LogP contribution in [0.15, 0.2) is 40.9 Å². The van der Waals surface area contributed by atoms with Crippen LogP contribution in [0, 0.1) is 5.82 Å². The lowest BCUT2D eigenvalue weighted by molar-refractivity contribution is 0.199. The van der Waals surface area contributed by atoms with Crippen molar-refractivity contribution < 1.29 is 14.2 Å². The zero-order valence-corrected chi connectivity index (χ0v) is 13.1. The van der Waals surface area contributed by atoms with E-state index in [4.69, 9.17) is 16.3 Å². The van der Waals surface area contributed by atoms with Gasteiger partial charge >= 0.3 is 0 Å². The SMILES string of the molecule is CC(O)c1ccc(OCc2cccc(F)c2Br)c(Cl)c1. The lowest BCUT2D eigenvalue weighted by atomic mass is 10.1. The number of benzene rings is 2. The molecule has 0 aliphatic carbocycles. The number of hydrogen-bond donors (Lipinski definition) is 1. The molecule has 0 bridgehead atoms. The van der Waals surface area contributed by atoms with Crippen molar-refractivity contribution in [3.8, 4) is 5.75 Å². The average Bonchev–Trinajstić information content (AvgIpc) is 2.41. The Labute approximate surface area is 130 Å². The van der Waals surface area contributed by atoms with Gasteiger partial charge < -0.3 is 9.84 Å². The summed E-state index contributed by atoms with van der Waals surface area (Å²) in [6, 6.07) is 9.85. The quantitative estimate of drug-likeness (QED) is 0.843. The molecule has 0 aliphatic rings. The fourth-order valence-electron chi connectivity index (χ4n) is 1.71. The van der Waals surface area contributed by atoms with E-state index in [0.29, 0.717) is 26.4 Å². The van der Waals surface area contributed by atoms with Crippen LogP contribution >= 0.6 is 27.5 Å². The van der Waals surface area contributed by atoms with Crippen LogP contribution in [0.2, 0.25) is 5.02 Å². The molecule has 2 nitrogen and oxygen atoms in total. The van der Waals surface area contributed by atoms with Gasteiger partial charge in [0.25, 0.3) is 0 Å². The third-order valence-electron chi connectivity index (χ3n) is 2.85. The van der Waals surface area contributed by atoms with Gasteiger partial charge in [0.1, 0.15) is 18.2 Å². The lowest BCUT2D eigenvalue weighted by Crippen LogP contribution is -1.99. The van der Waals surface area contributed by atoms with E-state index in [9.17, 15) is 9.50 Å². The summed E-state index contributed by atoms with van der Waals surface area (Å²) in [6.07, 6.45) is -0.584. The van der Waals surface area contributed by atoms with Gasteiger partial charge in [0.15, 0.2) is 0 Å². The number of hydrogen-bond acceptors (Lipinski definition) is 2. The first-order chi connectivity index (χ1) is 9.49. The van der Waals surface area contributed by atoms with Crippen molar-refractivity contribution in [3.05, 3.63) is 62.8 Å². The summed E-state index contributed by atoms with van der Waals surface area (Å²) in [5, 5.41) is 9.88. The Hall–Kier alpha value is -1.10. The minimum atomic E-state index is -0.584. The van der Waals surface area contributed by atoms with Crippen LogP contribution in [0.4, 0.5) is 4.39 Å². The zero-order valence-electron chi connectivity index (χ0n) is 10.7. The monoisotopic (exact) mass is 358 g/mol. The van der Waals surface area contributed by atoms with E-state index in [2.05, 4.69) is 15.9 Å². The van der Waals surface area contributed by atoms with Crippen molar-refractivity contribution in [3.63, 3.8) is 0 Å². The molecule has 2 aromatic rings. The standard InChI is InChI=1S/C15H13BrClFO2/c1-9(19)10-5-6-14(12(17)7-10)20-8-11-3-2-4-13(18)15(11)16/h2-7,9,19H,8H2,1H3. The molecule has 0 saturated heterocycles. The number of aliphatic hydroxyl groups excluding tert-OH is 1. The Morgan fingerprint density at radius 2 is 2.10 bits per heavy atom. The van der Waals surface area contributed by atoms with Crippen molar-refractivity contribution in [1.82, 2.24) is 0 Å². The Morgan fingerprint density at radius 1 is 1.35 bits per heavy atom. The smallest absolute Gasteiger partial charge is 0.138 e. The first-order valence-electron chi connectivity index (χ1n) is 6.02. The van der Waals surface area contributed by atoms with Gasteiger partial charge in [0.05, 0.1) is 15.6 Å². The van der Waals surface area contributed by atoms with Gasteiger partial charge in [-0.1, -0.05) is 29.8 Å². The fourth-order valence-corrected chi connectivity index (χ4v) is 2.33.